The number of amides is 1. The van der Waals surface area contributed by atoms with Crippen LogP contribution in [0, 0.1) is 0 Å². The number of carbonyl (C=O) groups is 1. The van der Waals surface area contributed by atoms with Crippen LogP contribution in [0.2, 0.25) is 0 Å². The highest BCUT2D eigenvalue weighted by molar-refractivity contribution is 5.85. The van der Waals surface area contributed by atoms with Gasteiger partial charge in [-0.25, -0.2) is 4.79 Å². The van der Waals surface area contributed by atoms with E-state index in [2.05, 4.69) is 6.07 Å². The molecule has 0 radical (unpaired) electrons. The summed E-state index contributed by atoms with van der Waals surface area (Å²) in [6, 6.07) is 20.2. The van der Waals surface area contributed by atoms with Gasteiger partial charge in [-0.3, -0.25) is 4.79 Å². The fraction of sp³-hybridized carbons (Fsp3) is 0.167. The molecule has 30 heavy (non-hydrogen) atoms. The van der Waals surface area contributed by atoms with Gasteiger partial charge in [0.1, 0.15) is 17.1 Å². The maximum absolute atomic E-state index is 12.5. The van der Waals surface area contributed by atoms with E-state index in [-0.39, 0.29) is 12.5 Å². The van der Waals surface area contributed by atoms with E-state index in [1.165, 1.54) is 6.07 Å². The van der Waals surface area contributed by atoms with Crippen LogP contribution in [0.4, 0.5) is 0 Å². The summed E-state index contributed by atoms with van der Waals surface area (Å²) in [7, 11) is 3.38. The van der Waals surface area contributed by atoms with Gasteiger partial charge in [-0.15, -0.1) is 0 Å². The van der Waals surface area contributed by atoms with Gasteiger partial charge in [0.05, 0.1) is 7.11 Å². The summed E-state index contributed by atoms with van der Waals surface area (Å²) in [5.74, 6) is 1.13. The number of benzene rings is 3. The molecule has 6 nitrogen and oxygen atoms in total. The second-order valence-corrected chi connectivity index (χ2v) is 7.04. The van der Waals surface area contributed by atoms with Crippen LogP contribution >= 0.6 is 0 Å². The largest absolute Gasteiger partial charge is 0.497 e. The van der Waals surface area contributed by atoms with Crippen molar-refractivity contribution in [1.82, 2.24) is 4.90 Å². The van der Waals surface area contributed by atoms with Crippen LogP contribution in [0.25, 0.3) is 21.7 Å². The van der Waals surface area contributed by atoms with Gasteiger partial charge in [0.2, 0.25) is 0 Å². The molecular formula is C24H21NO5. The lowest BCUT2D eigenvalue weighted by Gasteiger charge is -2.18. The predicted molar refractivity (Wildman–Crippen MR) is 115 cm³/mol. The Bertz CT molecular complexity index is 1280. The van der Waals surface area contributed by atoms with E-state index < -0.39 is 5.63 Å². The molecule has 0 aliphatic carbocycles. The number of methoxy groups -OCH3 is 1. The molecule has 6 heteroatoms. The molecule has 0 fully saturated rings. The summed E-state index contributed by atoms with van der Waals surface area (Å²) in [6.07, 6.45) is 0. The second-order valence-electron chi connectivity index (χ2n) is 7.04. The molecule has 4 aromatic rings. The lowest BCUT2D eigenvalue weighted by Crippen LogP contribution is -2.30. The zero-order valence-electron chi connectivity index (χ0n) is 16.8. The van der Waals surface area contributed by atoms with Gasteiger partial charge in [-0.1, -0.05) is 18.2 Å². The number of carbonyl (C=O) groups excluding carboxylic acids is 1. The van der Waals surface area contributed by atoms with Crippen molar-refractivity contribution >= 4 is 27.6 Å². The third-order valence-electron chi connectivity index (χ3n) is 4.91. The zero-order valence-corrected chi connectivity index (χ0v) is 16.8. The van der Waals surface area contributed by atoms with Crippen LogP contribution in [0.5, 0.6) is 11.5 Å². The predicted octanol–water partition coefficient (Wildman–Crippen LogP) is 3.99. The topological polar surface area (TPSA) is 69.0 Å². The van der Waals surface area contributed by atoms with Crippen LogP contribution in [-0.4, -0.2) is 31.6 Å². The molecule has 0 N–H and O–H groups in total. The maximum Gasteiger partial charge on any atom is 0.336 e. The third kappa shape index (κ3) is 4.27. The Morgan fingerprint density at radius 3 is 2.43 bits per heavy atom. The number of fused-ring (bicyclic) bond motifs is 2. The fourth-order valence-corrected chi connectivity index (χ4v) is 3.25. The van der Waals surface area contributed by atoms with Gasteiger partial charge < -0.3 is 18.8 Å². The molecule has 0 atom stereocenters. The minimum Gasteiger partial charge on any atom is -0.497 e. The Hall–Kier alpha value is -3.80. The first-order valence-electron chi connectivity index (χ1n) is 9.49. The van der Waals surface area contributed by atoms with Gasteiger partial charge in [-0.05, 0) is 52.7 Å². The van der Waals surface area contributed by atoms with Gasteiger partial charge in [0.15, 0.2) is 6.61 Å². The molecule has 1 heterocycles. The van der Waals surface area contributed by atoms with Crippen LogP contribution in [0.15, 0.2) is 75.9 Å². The minimum absolute atomic E-state index is 0.107. The van der Waals surface area contributed by atoms with Crippen molar-refractivity contribution in [3.8, 4) is 11.5 Å². The molecule has 3 aromatic carbocycles. The van der Waals surface area contributed by atoms with E-state index >= 15 is 0 Å². The molecule has 0 aliphatic rings. The summed E-state index contributed by atoms with van der Waals surface area (Å²) < 4.78 is 16.0. The van der Waals surface area contributed by atoms with Crippen molar-refractivity contribution < 1.29 is 18.7 Å². The van der Waals surface area contributed by atoms with Crippen molar-refractivity contribution in [3.63, 3.8) is 0 Å². The first-order valence-corrected chi connectivity index (χ1v) is 9.49. The first kappa shape index (κ1) is 19.5. The molecule has 0 unspecified atom stereocenters. The molecule has 0 spiro atoms. The average Bonchev–Trinajstić information content (AvgIpc) is 2.76. The number of rotatable bonds is 6. The summed E-state index contributed by atoms with van der Waals surface area (Å²) >= 11 is 0. The maximum atomic E-state index is 12.5. The summed E-state index contributed by atoms with van der Waals surface area (Å²) in [4.78, 5) is 25.5. The summed E-state index contributed by atoms with van der Waals surface area (Å²) in [6.45, 7) is 0.362. The van der Waals surface area contributed by atoms with Crippen molar-refractivity contribution in [2.24, 2.45) is 0 Å². The van der Waals surface area contributed by atoms with Crippen molar-refractivity contribution in [1.29, 1.82) is 0 Å². The lowest BCUT2D eigenvalue weighted by molar-refractivity contribution is -0.132. The van der Waals surface area contributed by atoms with E-state index in [4.69, 9.17) is 13.9 Å². The van der Waals surface area contributed by atoms with Crippen LogP contribution in [-0.2, 0) is 11.3 Å². The highest BCUT2D eigenvalue weighted by atomic mass is 16.5. The van der Waals surface area contributed by atoms with Crippen molar-refractivity contribution in [2.45, 2.75) is 6.54 Å². The first-order chi connectivity index (χ1) is 14.5. The van der Waals surface area contributed by atoms with E-state index in [0.717, 1.165) is 27.5 Å². The van der Waals surface area contributed by atoms with Crippen LogP contribution < -0.4 is 15.1 Å². The minimum atomic E-state index is -0.427. The monoisotopic (exact) mass is 403 g/mol. The molecule has 0 saturated carbocycles. The smallest absolute Gasteiger partial charge is 0.336 e. The lowest BCUT2D eigenvalue weighted by atomic mass is 10.1. The molecule has 0 bridgehead atoms. The number of ether oxygens (including phenoxy) is 2. The molecule has 152 valence electrons. The molecule has 1 amide bonds. The van der Waals surface area contributed by atoms with Gasteiger partial charge in [-0.2, -0.15) is 0 Å². The number of likely N-dealkylation sites (N-methyl/N-ethyl adjacent to an activating group) is 1. The van der Waals surface area contributed by atoms with E-state index in [9.17, 15) is 9.59 Å². The SMILES string of the molecule is COc1ccc2cc(CN(C)C(=O)COc3ccc4ccc(=O)oc4c3)ccc2c1. The van der Waals surface area contributed by atoms with E-state index in [0.29, 0.717) is 17.9 Å². The Morgan fingerprint density at radius 1 is 0.900 bits per heavy atom. The zero-order chi connectivity index (χ0) is 21.1. The Kier molecular flexibility index (Phi) is 5.39. The van der Waals surface area contributed by atoms with Gasteiger partial charge in [0, 0.05) is 31.1 Å². The highest BCUT2D eigenvalue weighted by Crippen LogP contribution is 2.23. The highest BCUT2D eigenvalue weighted by Gasteiger charge is 2.11. The Labute approximate surface area is 173 Å². The van der Waals surface area contributed by atoms with Gasteiger partial charge >= 0.3 is 5.63 Å². The molecule has 0 saturated heterocycles. The molecular weight excluding hydrogens is 382 g/mol. The quantitative estimate of drug-likeness (QED) is 0.455. The third-order valence-corrected chi connectivity index (χ3v) is 4.91. The molecule has 1 aromatic heterocycles. The van der Waals surface area contributed by atoms with Crippen molar-refractivity contribution in [3.05, 3.63) is 82.7 Å². The van der Waals surface area contributed by atoms with E-state index in [1.807, 2.05) is 30.3 Å². The number of hydrogen-bond donors (Lipinski definition) is 0. The average molecular weight is 403 g/mol. The van der Waals surface area contributed by atoms with Crippen LogP contribution in [0.1, 0.15) is 5.56 Å². The summed E-state index contributed by atoms with van der Waals surface area (Å²) in [5, 5.41) is 2.96. The normalized spacial score (nSPS) is 10.9. The molecule has 0 aliphatic heterocycles. The van der Waals surface area contributed by atoms with E-state index in [1.54, 1.807) is 43.3 Å². The Morgan fingerprint density at radius 2 is 1.60 bits per heavy atom. The van der Waals surface area contributed by atoms with Gasteiger partial charge in [0.25, 0.3) is 5.91 Å². The number of nitrogens with zero attached hydrogens (tertiary/aromatic N) is 1. The Balaban J connectivity index is 1.40. The van der Waals surface area contributed by atoms with Crippen LogP contribution in [0.3, 0.4) is 0 Å². The number of hydrogen-bond acceptors (Lipinski definition) is 5. The summed E-state index contributed by atoms with van der Waals surface area (Å²) in [5.41, 5.74) is 1.02. The fourth-order valence-electron chi connectivity index (χ4n) is 3.25. The molecule has 4 rings (SSSR count). The standard InChI is InChI=1S/C24H21NO5/c1-25(14-16-3-4-19-12-20(28-2)8-6-18(19)11-16)23(26)15-29-21-9-5-17-7-10-24(27)30-22(17)13-21/h3-13H,14-15H2,1-2H3. The second kappa shape index (κ2) is 8.29. The van der Waals surface area contributed by atoms with Crippen molar-refractivity contribution in [2.75, 3.05) is 20.8 Å².